The predicted octanol–water partition coefficient (Wildman–Crippen LogP) is 3.69. The number of nitrogens with one attached hydrogen (secondary N) is 2. The van der Waals surface area contributed by atoms with E-state index in [-0.39, 0.29) is 35.8 Å². The van der Waals surface area contributed by atoms with E-state index in [4.69, 9.17) is 4.74 Å². The predicted molar refractivity (Wildman–Crippen MR) is 134 cm³/mol. The summed E-state index contributed by atoms with van der Waals surface area (Å²) >= 11 is 0. The van der Waals surface area contributed by atoms with Crippen molar-refractivity contribution in [3.05, 3.63) is 17.8 Å². The van der Waals surface area contributed by atoms with E-state index in [0.29, 0.717) is 36.3 Å². The summed E-state index contributed by atoms with van der Waals surface area (Å²) in [7, 11) is 1.31. The molecule has 3 N–H and O–H groups in total. The lowest BCUT2D eigenvalue weighted by Crippen LogP contribution is -2.63. The molecule has 4 atom stereocenters. The number of hydrogen-bond donors (Lipinski definition) is 3. The summed E-state index contributed by atoms with van der Waals surface area (Å²) in [6.45, 7) is 12.8. The average molecular weight is 491 g/mol. The van der Waals surface area contributed by atoms with Gasteiger partial charge in [0.25, 0.3) is 5.91 Å². The summed E-state index contributed by atoms with van der Waals surface area (Å²) in [5.41, 5.74) is -0.148. The van der Waals surface area contributed by atoms with Crippen LogP contribution in [0.3, 0.4) is 0 Å². The Morgan fingerprint density at radius 3 is 2.66 bits per heavy atom. The van der Waals surface area contributed by atoms with Gasteiger partial charge in [-0.25, -0.2) is 9.48 Å². The third-order valence-electron chi connectivity index (χ3n) is 7.66. The summed E-state index contributed by atoms with van der Waals surface area (Å²) in [6.07, 6.45) is 7.25. The molecule has 9 heteroatoms. The van der Waals surface area contributed by atoms with Gasteiger partial charge >= 0.3 is 6.09 Å². The van der Waals surface area contributed by atoms with E-state index in [9.17, 15) is 14.7 Å². The zero-order valence-corrected chi connectivity index (χ0v) is 22.1. The Hall–Kier alpha value is -2.55. The highest BCUT2D eigenvalue weighted by Gasteiger charge is 2.57. The van der Waals surface area contributed by atoms with Gasteiger partial charge in [-0.1, -0.05) is 27.7 Å². The highest BCUT2D eigenvalue weighted by atomic mass is 16.5. The standard InChI is InChI=1S/C26H42N4O5/c1-16(2)15-35-23-19(14-27-30(23)10-9-25(3,4)29-24(33)34-7)22(32)28-21-17(8-11-31)12-18-13-20(21)26(18,5)6/h9-10,14,16-18,20-21,31H,8,11-13,15H2,1-7H3,(H,28,32)(H,29,33). The summed E-state index contributed by atoms with van der Waals surface area (Å²) in [5.74, 6) is 1.71. The number of alkyl carbamates (subject to hydrolysis) is 1. The van der Waals surface area contributed by atoms with Gasteiger partial charge in [0.15, 0.2) is 0 Å². The summed E-state index contributed by atoms with van der Waals surface area (Å²) in [4.78, 5) is 25.1. The van der Waals surface area contributed by atoms with Gasteiger partial charge in [-0.3, -0.25) is 4.79 Å². The smallest absolute Gasteiger partial charge is 0.407 e. The van der Waals surface area contributed by atoms with Crippen molar-refractivity contribution in [1.29, 1.82) is 0 Å². The van der Waals surface area contributed by atoms with Gasteiger partial charge in [0.1, 0.15) is 5.56 Å². The fourth-order valence-electron chi connectivity index (χ4n) is 5.43. The van der Waals surface area contributed by atoms with Crippen molar-refractivity contribution in [3.63, 3.8) is 0 Å². The summed E-state index contributed by atoms with van der Waals surface area (Å²) in [6, 6.07) is 0.00896. The van der Waals surface area contributed by atoms with Crippen LogP contribution < -0.4 is 15.4 Å². The van der Waals surface area contributed by atoms with Crippen molar-refractivity contribution < 1.29 is 24.2 Å². The van der Waals surface area contributed by atoms with Gasteiger partial charge in [-0.2, -0.15) is 5.10 Å². The first-order chi connectivity index (χ1) is 16.4. The molecule has 35 heavy (non-hydrogen) atoms. The Labute approximate surface area is 208 Å². The molecule has 0 radical (unpaired) electrons. The van der Waals surface area contributed by atoms with Gasteiger partial charge < -0.3 is 25.2 Å². The van der Waals surface area contributed by atoms with Crippen LogP contribution in [0.25, 0.3) is 6.20 Å². The summed E-state index contributed by atoms with van der Waals surface area (Å²) in [5, 5.41) is 20.0. The van der Waals surface area contributed by atoms with E-state index in [0.717, 1.165) is 12.8 Å². The van der Waals surface area contributed by atoms with E-state index >= 15 is 0 Å². The van der Waals surface area contributed by atoms with Crippen LogP contribution in [-0.2, 0) is 4.74 Å². The quantitative estimate of drug-likeness (QED) is 0.461. The molecule has 1 aromatic rings. The zero-order chi connectivity index (χ0) is 26.0. The number of rotatable bonds is 10. The van der Waals surface area contributed by atoms with Crippen molar-refractivity contribution in [3.8, 4) is 5.88 Å². The lowest BCUT2D eigenvalue weighted by Gasteiger charge is -2.62. The Balaban J connectivity index is 1.83. The third-order valence-corrected chi connectivity index (χ3v) is 7.66. The van der Waals surface area contributed by atoms with Crippen molar-refractivity contribution in [2.24, 2.45) is 29.1 Å². The second-order valence-electron chi connectivity index (χ2n) is 11.5. The monoisotopic (exact) mass is 490 g/mol. The Kier molecular flexibility index (Phi) is 8.19. The molecule has 3 saturated carbocycles. The number of hydrogen-bond acceptors (Lipinski definition) is 6. The molecule has 9 nitrogen and oxygen atoms in total. The molecule has 1 aromatic heterocycles. The number of nitrogens with zero attached hydrogens (tertiary/aromatic N) is 2. The molecular formula is C26H42N4O5. The van der Waals surface area contributed by atoms with E-state index < -0.39 is 11.6 Å². The molecule has 0 saturated heterocycles. The highest BCUT2D eigenvalue weighted by molar-refractivity contribution is 5.96. The molecule has 196 valence electrons. The topological polar surface area (TPSA) is 115 Å². The van der Waals surface area contributed by atoms with Gasteiger partial charge in [0.2, 0.25) is 5.88 Å². The number of carbonyl (C=O) groups is 2. The fourth-order valence-corrected chi connectivity index (χ4v) is 5.43. The highest BCUT2D eigenvalue weighted by Crippen LogP contribution is 2.61. The number of aliphatic hydroxyl groups excluding tert-OH is 1. The normalized spacial score (nSPS) is 25.3. The Bertz CT molecular complexity index is 936. The van der Waals surface area contributed by atoms with Gasteiger partial charge in [-0.05, 0) is 68.3 Å². The SMILES string of the molecule is COC(=O)NC(C)(C)C=Cn1ncc(C(=O)NC2C(CCO)CC3CC2C3(C)C)c1OCC(C)C. The Morgan fingerprint density at radius 2 is 2.06 bits per heavy atom. The number of fused-ring (bicyclic) bond motifs is 2. The number of aromatic nitrogens is 2. The van der Waals surface area contributed by atoms with E-state index in [1.807, 2.05) is 27.7 Å². The van der Waals surface area contributed by atoms with Crippen LogP contribution in [-0.4, -0.2) is 58.8 Å². The van der Waals surface area contributed by atoms with E-state index in [2.05, 4.69) is 34.3 Å². The lowest BCUT2D eigenvalue weighted by molar-refractivity contribution is -0.114. The first-order valence-electron chi connectivity index (χ1n) is 12.6. The van der Waals surface area contributed by atoms with Crippen LogP contribution in [0, 0.1) is 29.1 Å². The molecule has 4 rings (SSSR count). The van der Waals surface area contributed by atoms with Crippen LogP contribution in [0.15, 0.2) is 12.3 Å². The van der Waals surface area contributed by atoms with Crippen molar-refractivity contribution in [2.45, 2.75) is 72.4 Å². The van der Waals surface area contributed by atoms with Crippen molar-refractivity contribution in [1.82, 2.24) is 20.4 Å². The molecule has 3 aliphatic rings. The molecule has 3 aliphatic carbocycles. The number of amides is 2. The minimum atomic E-state index is -0.706. The maximum Gasteiger partial charge on any atom is 0.407 e. The van der Waals surface area contributed by atoms with Gasteiger partial charge in [0.05, 0.1) is 25.5 Å². The van der Waals surface area contributed by atoms with Crippen LogP contribution in [0.4, 0.5) is 4.79 Å². The molecule has 2 bridgehead atoms. The maximum atomic E-state index is 13.5. The maximum absolute atomic E-state index is 13.5. The van der Waals surface area contributed by atoms with Crippen LogP contribution >= 0.6 is 0 Å². The number of ether oxygens (including phenoxy) is 2. The average Bonchev–Trinajstić information content (AvgIpc) is 3.19. The van der Waals surface area contributed by atoms with Gasteiger partial charge in [-0.15, -0.1) is 0 Å². The minimum absolute atomic E-state index is 0.00896. The molecule has 4 unspecified atom stereocenters. The van der Waals surface area contributed by atoms with E-state index in [1.165, 1.54) is 18.0 Å². The zero-order valence-electron chi connectivity index (χ0n) is 22.1. The first-order valence-corrected chi connectivity index (χ1v) is 12.6. The van der Waals surface area contributed by atoms with Crippen molar-refractivity contribution in [2.75, 3.05) is 20.3 Å². The molecule has 1 heterocycles. The first kappa shape index (κ1) is 27.0. The molecule has 2 amide bonds. The molecule has 3 fully saturated rings. The minimum Gasteiger partial charge on any atom is -0.477 e. The van der Waals surface area contributed by atoms with Crippen LogP contribution in [0.5, 0.6) is 5.88 Å². The van der Waals surface area contributed by atoms with Crippen molar-refractivity contribution >= 4 is 18.2 Å². The fraction of sp³-hybridized carbons (Fsp3) is 0.731. The molecule has 0 aliphatic heterocycles. The Morgan fingerprint density at radius 1 is 1.34 bits per heavy atom. The summed E-state index contributed by atoms with van der Waals surface area (Å²) < 4.78 is 12.2. The molecule has 0 spiro atoms. The second kappa shape index (κ2) is 10.6. The van der Waals surface area contributed by atoms with Gasteiger partial charge in [0, 0.05) is 18.8 Å². The van der Waals surface area contributed by atoms with Crippen LogP contribution in [0.2, 0.25) is 0 Å². The molecular weight excluding hydrogens is 448 g/mol. The van der Waals surface area contributed by atoms with Crippen LogP contribution in [0.1, 0.15) is 71.2 Å². The number of methoxy groups -OCH3 is 1. The largest absolute Gasteiger partial charge is 0.477 e. The number of aliphatic hydroxyl groups is 1. The lowest BCUT2D eigenvalue weighted by atomic mass is 9.44. The van der Waals surface area contributed by atoms with E-state index in [1.54, 1.807) is 12.3 Å². The molecule has 0 aromatic carbocycles. The third kappa shape index (κ3) is 6.00. The second-order valence-corrected chi connectivity index (χ2v) is 11.5. The number of carbonyl (C=O) groups excluding carboxylic acids is 2.